The Kier molecular flexibility index (Phi) is 5.29. The molecule has 1 nitrogen and oxygen atoms in total. The van der Waals surface area contributed by atoms with Crippen LogP contribution in [0.25, 0.3) is 22.4 Å². The molecule has 3 aromatic carbocycles. The van der Waals surface area contributed by atoms with Crippen LogP contribution in [0.1, 0.15) is 16.7 Å². The van der Waals surface area contributed by atoms with Gasteiger partial charge in [0.05, 0.1) is 0 Å². The predicted molar refractivity (Wildman–Crippen MR) is 119 cm³/mol. The van der Waals surface area contributed by atoms with E-state index >= 15 is 0 Å². The molecule has 1 aliphatic rings. The summed E-state index contributed by atoms with van der Waals surface area (Å²) >= 11 is 0. The molecular weight excluding hydrogens is 529 g/mol. The Labute approximate surface area is 186 Å². The molecule has 2 heterocycles. The quantitative estimate of drug-likeness (QED) is 0.240. The SMILES string of the molecule is Cc1cc(C)c(B2c3cc(-c4ccccc4)c[c-]c3-c3ncccc32)c(C)c1.[Ir]. The minimum atomic E-state index is 0. The smallest absolute Gasteiger partial charge is 0.182 e. The fraction of sp³-hybridized carbons (Fsp3) is 0.115. The van der Waals surface area contributed by atoms with Gasteiger partial charge >= 0.3 is 0 Å². The van der Waals surface area contributed by atoms with E-state index in [2.05, 4.69) is 93.6 Å². The first-order chi connectivity index (χ1) is 13.6. The summed E-state index contributed by atoms with van der Waals surface area (Å²) in [6.45, 7) is 6.84. The van der Waals surface area contributed by atoms with Crippen molar-refractivity contribution in [3.8, 4) is 22.4 Å². The number of aryl methyl sites for hydroxylation is 3. The third-order valence-electron chi connectivity index (χ3n) is 5.80. The predicted octanol–water partition coefficient (Wildman–Crippen LogP) is 3.97. The maximum absolute atomic E-state index is 4.72. The number of benzene rings is 3. The molecule has 0 N–H and O–H groups in total. The molecule has 29 heavy (non-hydrogen) atoms. The topological polar surface area (TPSA) is 12.9 Å². The molecule has 143 valence electrons. The molecule has 5 rings (SSSR count). The van der Waals surface area contributed by atoms with Gasteiger partial charge in [-0.25, -0.2) is 0 Å². The summed E-state index contributed by atoms with van der Waals surface area (Å²) in [5.41, 5.74) is 12.6. The van der Waals surface area contributed by atoms with E-state index in [-0.39, 0.29) is 26.8 Å². The molecule has 4 aromatic rings. The van der Waals surface area contributed by atoms with E-state index in [9.17, 15) is 0 Å². The van der Waals surface area contributed by atoms with Crippen molar-refractivity contribution in [1.29, 1.82) is 0 Å². The minimum Gasteiger partial charge on any atom is -0.305 e. The van der Waals surface area contributed by atoms with Crippen LogP contribution in [0.15, 0.2) is 72.9 Å². The van der Waals surface area contributed by atoms with Crippen LogP contribution in [0.5, 0.6) is 0 Å². The number of hydrogen-bond donors (Lipinski definition) is 0. The van der Waals surface area contributed by atoms with E-state index in [0.717, 1.165) is 11.3 Å². The van der Waals surface area contributed by atoms with E-state index in [4.69, 9.17) is 4.98 Å². The van der Waals surface area contributed by atoms with Gasteiger partial charge in [-0.05, 0) is 32.5 Å². The second-order valence-corrected chi connectivity index (χ2v) is 7.77. The van der Waals surface area contributed by atoms with Crippen molar-refractivity contribution in [2.45, 2.75) is 20.8 Å². The van der Waals surface area contributed by atoms with Crippen LogP contribution >= 0.6 is 0 Å². The van der Waals surface area contributed by atoms with Crippen LogP contribution in [0.3, 0.4) is 0 Å². The van der Waals surface area contributed by atoms with Gasteiger partial charge in [-0.3, -0.25) is 0 Å². The van der Waals surface area contributed by atoms with Gasteiger partial charge in [0, 0.05) is 26.3 Å². The zero-order chi connectivity index (χ0) is 19.3. The molecule has 0 bridgehead atoms. The number of fused-ring (bicyclic) bond motifs is 3. The van der Waals surface area contributed by atoms with Gasteiger partial charge in [0.1, 0.15) is 0 Å². The third-order valence-corrected chi connectivity index (χ3v) is 5.80. The van der Waals surface area contributed by atoms with Crippen molar-refractivity contribution < 1.29 is 20.1 Å². The summed E-state index contributed by atoms with van der Waals surface area (Å²) in [6.07, 6.45) is 1.89. The maximum Gasteiger partial charge on any atom is 0.182 e. The Morgan fingerprint density at radius 3 is 2.24 bits per heavy atom. The summed E-state index contributed by atoms with van der Waals surface area (Å²) in [5.74, 6) is 0. The molecule has 3 heteroatoms. The van der Waals surface area contributed by atoms with E-state index in [1.54, 1.807) is 0 Å². The van der Waals surface area contributed by atoms with Gasteiger partial charge < -0.3 is 4.98 Å². The van der Waals surface area contributed by atoms with Crippen molar-refractivity contribution in [3.05, 3.63) is 95.7 Å². The number of aromatic nitrogens is 1. The van der Waals surface area contributed by atoms with E-state index < -0.39 is 0 Å². The molecule has 1 aromatic heterocycles. The molecule has 0 spiro atoms. The first-order valence-electron chi connectivity index (χ1n) is 9.77. The molecule has 0 aliphatic carbocycles. The van der Waals surface area contributed by atoms with E-state index in [0.29, 0.717) is 0 Å². The standard InChI is InChI=1S/C26H21BN.Ir/c1-17-14-18(2)25(19(3)15-17)27-23-10-7-13-28-26(23)22-12-11-21(16-24(22)27)20-8-5-4-6-9-20;/h4-11,13-16H,1-3H3;/q-1;. The van der Waals surface area contributed by atoms with Gasteiger partial charge in [-0.15, -0.1) is 29.2 Å². The van der Waals surface area contributed by atoms with Gasteiger partial charge in [-0.1, -0.05) is 87.3 Å². The van der Waals surface area contributed by atoms with Crippen LogP contribution in [0.2, 0.25) is 0 Å². The fourth-order valence-corrected chi connectivity index (χ4v) is 4.73. The van der Waals surface area contributed by atoms with Crippen molar-refractivity contribution >= 4 is 23.1 Å². The van der Waals surface area contributed by atoms with Gasteiger partial charge in [0.15, 0.2) is 6.71 Å². The first-order valence-corrected chi connectivity index (χ1v) is 9.77. The van der Waals surface area contributed by atoms with Crippen molar-refractivity contribution in [1.82, 2.24) is 4.98 Å². The number of nitrogens with zero attached hydrogens (tertiary/aromatic N) is 1. The second-order valence-electron chi connectivity index (χ2n) is 7.77. The molecule has 1 aliphatic heterocycles. The molecule has 0 unspecified atom stereocenters. The zero-order valence-electron chi connectivity index (χ0n) is 16.8. The fourth-order valence-electron chi connectivity index (χ4n) is 4.73. The summed E-state index contributed by atoms with van der Waals surface area (Å²) < 4.78 is 0. The number of hydrogen-bond acceptors (Lipinski definition) is 1. The average Bonchev–Trinajstić information content (AvgIpc) is 3.02. The van der Waals surface area contributed by atoms with Crippen LogP contribution < -0.4 is 16.4 Å². The molecule has 0 saturated heterocycles. The minimum absolute atomic E-state index is 0. The summed E-state index contributed by atoms with van der Waals surface area (Å²) in [5, 5.41) is 0. The van der Waals surface area contributed by atoms with Crippen molar-refractivity contribution in [3.63, 3.8) is 0 Å². The zero-order valence-corrected chi connectivity index (χ0v) is 19.2. The van der Waals surface area contributed by atoms with Crippen LogP contribution in [0.4, 0.5) is 0 Å². The molecular formula is C26H21BIrN-. The Balaban J connectivity index is 0.00000205. The molecule has 0 atom stereocenters. The maximum atomic E-state index is 4.72. The van der Waals surface area contributed by atoms with E-state index in [1.807, 2.05) is 6.20 Å². The van der Waals surface area contributed by atoms with Crippen LogP contribution in [0, 0.1) is 26.8 Å². The van der Waals surface area contributed by atoms with Gasteiger partial charge in [-0.2, -0.15) is 0 Å². The van der Waals surface area contributed by atoms with Gasteiger partial charge in [0.2, 0.25) is 0 Å². The molecule has 1 radical (unpaired) electrons. The Morgan fingerprint density at radius 1 is 0.793 bits per heavy atom. The third kappa shape index (κ3) is 3.29. The largest absolute Gasteiger partial charge is 0.305 e. The summed E-state index contributed by atoms with van der Waals surface area (Å²) in [7, 11) is 0. The van der Waals surface area contributed by atoms with Crippen molar-refractivity contribution in [2.24, 2.45) is 0 Å². The Bertz CT molecular complexity index is 1180. The van der Waals surface area contributed by atoms with Crippen molar-refractivity contribution in [2.75, 3.05) is 0 Å². The van der Waals surface area contributed by atoms with E-state index in [1.165, 1.54) is 44.2 Å². The first kappa shape index (κ1) is 19.8. The Hall–Kier alpha value is -2.48. The number of rotatable bonds is 2. The normalized spacial score (nSPS) is 11.6. The van der Waals surface area contributed by atoms with Gasteiger partial charge in [0.25, 0.3) is 0 Å². The Morgan fingerprint density at radius 2 is 1.52 bits per heavy atom. The molecule has 0 fully saturated rings. The second kappa shape index (κ2) is 7.74. The molecule has 0 amide bonds. The summed E-state index contributed by atoms with van der Waals surface area (Å²) in [6, 6.07) is 27.4. The summed E-state index contributed by atoms with van der Waals surface area (Å²) in [4.78, 5) is 4.72. The van der Waals surface area contributed by atoms with Crippen LogP contribution in [-0.2, 0) is 20.1 Å². The number of pyridine rings is 1. The molecule has 0 saturated carbocycles. The van der Waals surface area contributed by atoms with Crippen LogP contribution in [-0.4, -0.2) is 11.7 Å². The monoisotopic (exact) mass is 551 g/mol. The average molecular weight is 550 g/mol.